The smallest absolute Gasteiger partial charge is 0.252 e. The molecule has 0 saturated heterocycles. The Bertz CT molecular complexity index is 1150. The van der Waals surface area contributed by atoms with Crippen LogP contribution in [0.1, 0.15) is 65.7 Å². The maximum Gasteiger partial charge on any atom is 0.252 e. The van der Waals surface area contributed by atoms with Crippen LogP contribution in [0.15, 0.2) is 0 Å². The van der Waals surface area contributed by atoms with E-state index in [4.69, 9.17) is 5.73 Å². The SMILES string of the molecule is CC(C)(C)SSC[C@H](NC(=O)[C@H](CCCCNC(=O)C1(O)C[C@H](O)C(O)[C@@H](O)C1)NC(=O)C1(O)C[C@H](O)C(O)[C@@H](O)C1)C(=O)NCC(N)=O. The Morgan fingerprint density at radius 3 is 1.69 bits per heavy atom. The van der Waals surface area contributed by atoms with Crippen LogP contribution in [0.3, 0.4) is 0 Å². The third kappa shape index (κ3) is 13.1. The van der Waals surface area contributed by atoms with Gasteiger partial charge in [0.2, 0.25) is 17.7 Å². The quantitative estimate of drug-likeness (QED) is 0.0522. The molecule has 2 rings (SSSR count). The van der Waals surface area contributed by atoms with Gasteiger partial charge in [-0.15, -0.1) is 0 Å². The number of aliphatic hydroxyl groups excluding tert-OH is 6. The number of aliphatic hydroxyl groups is 8. The lowest BCUT2D eigenvalue weighted by Gasteiger charge is -2.39. The molecule has 14 N–H and O–H groups in total. The first-order valence-corrected chi connectivity index (χ1v) is 18.2. The van der Waals surface area contributed by atoms with E-state index in [0.29, 0.717) is 0 Å². The number of nitrogens with two attached hydrogens (primary N) is 1. The molecule has 6 atom stereocenters. The summed E-state index contributed by atoms with van der Waals surface area (Å²) in [5, 5.41) is 90.9. The third-order valence-electron chi connectivity index (χ3n) is 8.05. The van der Waals surface area contributed by atoms with Crippen molar-refractivity contribution < 1.29 is 64.8 Å². The van der Waals surface area contributed by atoms with E-state index in [0.717, 1.165) is 0 Å². The van der Waals surface area contributed by atoms with E-state index >= 15 is 0 Å². The molecule has 2 saturated carbocycles. The fourth-order valence-electron chi connectivity index (χ4n) is 5.35. The summed E-state index contributed by atoms with van der Waals surface area (Å²) in [5.41, 5.74) is 0.634. The Labute approximate surface area is 291 Å². The van der Waals surface area contributed by atoms with Crippen LogP contribution in [0.25, 0.3) is 0 Å². The number of unbranched alkanes of at least 4 members (excludes halogenated alkanes) is 1. The van der Waals surface area contributed by atoms with E-state index in [-0.39, 0.29) is 36.3 Å². The molecule has 18 nitrogen and oxygen atoms in total. The minimum Gasteiger partial charge on any atom is -0.390 e. The van der Waals surface area contributed by atoms with Crippen molar-refractivity contribution in [2.24, 2.45) is 5.73 Å². The molecule has 0 spiro atoms. The molecular formula is C29H51N5O13S2. The Balaban J connectivity index is 2.15. The van der Waals surface area contributed by atoms with Crippen LogP contribution in [0, 0.1) is 0 Å². The Hall–Kier alpha value is -2.27. The summed E-state index contributed by atoms with van der Waals surface area (Å²) in [6, 6.07) is -2.59. The highest BCUT2D eigenvalue weighted by Gasteiger charge is 2.50. The van der Waals surface area contributed by atoms with Gasteiger partial charge in [-0.2, -0.15) is 0 Å². The van der Waals surface area contributed by atoms with Crippen LogP contribution >= 0.6 is 21.6 Å². The Morgan fingerprint density at radius 2 is 1.22 bits per heavy atom. The molecule has 282 valence electrons. The number of amides is 5. The molecule has 0 aliphatic heterocycles. The maximum absolute atomic E-state index is 13.6. The van der Waals surface area contributed by atoms with Crippen molar-refractivity contribution in [3.63, 3.8) is 0 Å². The molecular weight excluding hydrogens is 690 g/mol. The average molecular weight is 742 g/mol. The zero-order valence-electron chi connectivity index (χ0n) is 27.7. The molecule has 49 heavy (non-hydrogen) atoms. The summed E-state index contributed by atoms with van der Waals surface area (Å²) < 4.78 is -0.208. The first kappa shape index (κ1) is 42.9. The molecule has 0 aromatic carbocycles. The van der Waals surface area contributed by atoms with Gasteiger partial charge in [0.25, 0.3) is 11.8 Å². The number of rotatable bonds is 16. The highest BCUT2D eigenvalue weighted by atomic mass is 33.1. The van der Waals surface area contributed by atoms with Crippen LogP contribution in [0.2, 0.25) is 0 Å². The van der Waals surface area contributed by atoms with E-state index in [1.165, 1.54) is 21.6 Å². The molecule has 0 aromatic heterocycles. The molecule has 2 aliphatic carbocycles. The van der Waals surface area contributed by atoms with Gasteiger partial charge < -0.3 is 67.9 Å². The van der Waals surface area contributed by atoms with Crippen molar-refractivity contribution in [2.75, 3.05) is 18.8 Å². The number of hydrogen-bond acceptors (Lipinski definition) is 15. The van der Waals surface area contributed by atoms with Gasteiger partial charge in [0, 0.05) is 42.7 Å². The first-order chi connectivity index (χ1) is 22.6. The van der Waals surface area contributed by atoms with E-state index in [2.05, 4.69) is 21.3 Å². The summed E-state index contributed by atoms with van der Waals surface area (Å²) in [4.78, 5) is 63.6. The predicted molar refractivity (Wildman–Crippen MR) is 177 cm³/mol. The third-order valence-corrected chi connectivity index (χ3v) is 11.4. The van der Waals surface area contributed by atoms with Crippen molar-refractivity contribution in [3.05, 3.63) is 0 Å². The van der Waals surface area contributed by atoms with Crippen molar-refractivity contribution >= 4 is 51.1 Å². The van der Waals surface area contributed by atoms with Gasteiger partial charge >= 0.3 is 0 Å². The van der Waals surface area contributed by atoms with Gasteiger partial charge in [0.1, 0.15) is 35.5 Å². The molecule has 5 amide bonds. The highest BCUT2D eigenvalue weighted by molar-refractivity contribution is 8.77. The summed E-state index contributed by atoms with van der Waals surface area (Å²) in [6.07, 6.45) is -11.5. The molecule has 0 radical (unpaired) electrons. The van der Waals surface area contributed by atoms with Crippen molar-refractivity contribution in [1.29, 1.82) is 0 Å². The second kappa shape index (κ2) is 18.3. The summed E-state index contributed by atoms with van der Waals surface area (Å²) >= 11 is 0. The van der Waals surface area contributed by atoms with Crippen LogP contribution in [0.5, 0.6) is 0 Å². The van der Waals surface area contributed by atoms with Crippen LogP contribution in [-0.4, -0.2) is 154 Å². The zero-order chi connectivity index (χ0) is 37.3. The van der Waals surface area contributed by atoms with Crippen molar-refractivity contribution in [1.82, 2.24) is 21.3 Å². The minimum atomic E-state index is -2.36. The second-order valence-electron chi connectivity index (χ2n) is 13.6. The standard InChI is InChI=1S/C29H51N5O13S2/c1-27(2,3)49-48-13-15(23(42)32-12-20(30)39)33-24(43)14(34-26(45)29(47)10-18(37)22(41)19(38)11-29)6-4-5-7-31-25(44)28(46)8-16(35)21(40)17(36)9-28/h14-19,21-22,35-38,40-41,46-47H,4-13H2,1-3H3,(H2,30,39)(H,31,44)(H,32,42)(H,33,43)(H,34,45)/t14-,15-,16-,17-,18-,19-,21?,22?,28?,29?/m0/s1. The Morgan fingerprint density at radius 1 is 0.735 bits per heavy atom. The second-order valence-corrected chi connectivity index (χ2v) is 16.8. The zero-order valence-corrected chi connectivity index (χ0v) is 29.3. The topological polar surface area (TPSA) is 321 Å². The number of nitrogens with one attached hydrogen (secondary N) is 4. The first-order valence-electron chi connectivity index (χ1n) is 15.9. The predicted octanol–water partition coefficient (Wildman–Crippen LogP) is -4.76. The molecule has 20 heteroatoms. The van der Waals surface area contributed by atoms with Crippen molar-refractivity contribution in [2.45, 2.75) is 130 Å². The van der Waals surface area contributed by atoms with Gasteiger partial charge in [-0.05, 0) is 19.3 Å². The van der Waals surface area contributed by atoms with E-state index in [1.54, 1.807) is 0 Å². The molecule has 0 bridgehead atoms. The summed E-state index contributed by atoms with van der Waals surface area (Å²) in [6.45, 7) is 5.28. The average Bonchev–Trinajstić information content (AvgIpc) is 2.98. The van der Waals surface area contributed by atoms with Crippen LogP contribution in [-0.2, 0) is 24.0 Å². The summed E-state index contributed by atoms with van der Waals surface area (Å²) in [7, 11) is 2.70. The lowest BCUT2D eigenvalue weighted by molar-refractivity contribution is -0.173. The largest absolute Gasteiger partial charge is 0.390 e. The van der Waals surface area contributed by atoms with Crippen LogP contribution < -0.4 is 27.0 Å². The molecule has 0 unspecified atom stereocenters. The van der Waals surface area contributed by atoms with E-state index in [9.17, 15) is 64.8 Å². The van der Waals surface area contributed by atoms with Gasteiger partial charge in [-0.3, -0.25) is 24.0 Å². The maximum atomic E-state index is 13.6. The number of carbonyl (C=O) groups is 5. The van der Waals surface area contributed by atoms with Gasteiger partial charge in [0.15, 0.2) is 0 Å². The monoisotopic (exact) mass is 741 g/mol. The molecule has 0 heterocycles. The number of primary amides is 1. The van der Waals surface area contributed by atoms with Crippen LogP contribution in [0.4, 0.5) is 0 Å². The lowest BCUT2D eigenvalue weighted by Crippen LogP contribution is -2.62. The number of carbonyl (C=O) groups excluding carboxylic acids is 5. The van der Waals surface area contributed by atoms with E-state index < -0.39 is 122 Å². The molecule has 2 aliphatic rings. The minimum absolute atomic E-state index is 0.0444. The van der Waals surface area contributed by atoms with Crippen molar-refractivity contribution in [3.8, 4) is 0 Å². The number of hydrogen-bond donors (Lipinski definition) is 13. The lowest BCUT2D eigenvalue weighted by atomic mass is 9.79. The van der Waals surface area contributed by atoms with Gasteiger partial charge in [-0.25, -0.2) is 0 Å². The summed E-state index contributed by atoms with van der Waals surface area (Å²) in [5.74, 6) is -4.36. The van der Waals surface area contributed by atoms with Gasteiger partial charge in [0.05, 0.1) is 31.0 Å². The fourth-order valence-corrected chi connectivity index (χ4v) is 7.82. The normalized spacial score (nSPS) is 31.6. The molecule has 0 aromatic rings. The fraction of sp³-hybridized carbons (Fsp3) is 0.828. The van der Waals surface area contributed by atoms with Gasteiger partial charge in [-0.1, -0.05) is 42.4 Å². The van der Waals surface area contributed by atoms with E-state index in [1.807, 2.05) is 20.8 Å². The molecule has 2 fully saturated rings. The highest BCUT2D eigenvalue weighted by Crippen LogP contribution is 2.35. The Kier molecular flexibility index (Phi) is 16.0.